The SMILES string of the molecule is CN(C1CCSC1)C(CN)c1cc(Br)cs1. The fourth-order valence-corrected chi connectivity index (χ4v) is 4.97. The van der Waals surface area contributed by atoms with Crippen LogP contribution in [-0.4, -0.2) is 36.0 Å². The molecule has 5 heteroatoms. The molecule has 0 amide bonds. The van der Waals surface area contributed by atoms with Crippen molar-refractivity contribution >= 4 is 39.0 Å². The van der Waals surface area contributed by atoms with Crippen LogP contribution in [0.25, 0.3) is 0 Å². The summed E-state index contributed by atoms with van der Waals surface area (Å²) in [6.45, 7) is 0.699. The summed E-state index contributed by atoms with van der Waals surface area (Å²) in [5.74, 6) is 2.54. The third-order valence-electron chi connectivity index (χ3n) is 3.11. The minimum Gasteiger partial charge on any atom is -0.329 e. The van der Waals surface area contributed by atoms with Crippen LogP contribution < -0.4 is 5.73 Å². The fourth-order valence-electron chi connectivity index (χ4n) is 2.08. The number of nitrogens with zero attached hydrogens (tertiary/aromatic N) is 1. The second-order valence-corrected chi connectivity index (χ2v) is 7.11. The van der Waals surface area contributed by atoms with E-state index in [4.69, 9.17) is 5.73 Å². The largest absolute Gasteiger partial charge is 0.329 e. The maximum absolute atomic E-state index is 5.93. The molecule has 1 saturated heterocycles. The lowest BCUT2D eigenvalue weighted by Gasteiger charge is -2.31. The molecule has 0 radical (unpaired) electrons. The second kappa shape index (κ2) is 5.87. The van der Waals surface area contributed by atoms with Gasteiger partial charge in [-0.2, -0.15) is 11.8 Å². The summed E-state index contributed by atoms with van der Waals surface area (Å²) < 4.78 is 1.17. The highest BCUT2D eigenvalue weighted by Gasteiger charge is 2.26. The summed E-state index contributed by atoms with van der Waals surface area (Å²) in [4.78, 5) is 3.83. The first-order chi connectivity index (χ1) is 7.72. The zero-order valence-corrected chi connectivity index (χ0v) is 12.6. The zero-order chi connectivity index (χ0) is 11.5. The number of likely N-dealkylation sites (N-methyl/N-ethyl adjacent to an activating group) is 1. The summed E-state index contributed by atoms with van der Waals surface area (Å²) in [6, 6.07) is 3.26. The molecule has 16 heavy (non-hydrogen) atoms. The highest BCUT2D eigenvalue weighted by molar-refractivity contribution is 9.10. The summed E-state index contributed by atoms with van der Waals surface area (Å²) in [5.41, 5.74) is 5.93. The predicted octanol–water partition coefficient (Wildman–Crippen LogP) is 2.95. The maximum Gasteiger partial charge on any atom is 0.0564 e. The molecule has 2 rings (SSSR count). The van der Waals surface area contributed by atoms with Crippen LogP contribution in [0.5, 0.6) is 0 Å². The molecular formula is C11H17BrN2S2. The van der Waals surface area contributed by atoms with E-state index in [0.717, 1.165) is 0 Å². The first-order valence-corrected chi connectivity index (χ1v) is 8.28. The molecule has 1 aromatic heterocycles. The topological polar surface area (TPSA) is 29.3 Å². The Balaban J connectivity index is 2.09. The van der Waals surface area contributed by atoms with Crippen molar-refractivity contribution in [1.82, 2.24) is 4.90 Å². The van der Waals surface area contributed by atoms with Gasteiger partial charge in [0.1, 0.15) is 0 Å². The van der Waals surface area contributed by atoms with Gasteiger partial charge in [0.25, 0.3) is 0 Å². The molecule has 90 valence electrons. The summed E-state index contributed by atoms with van der Waals surface area (Å²) in [7, 11) is 2.21. The Labute approximate surface area is 114 Å². The highest BCUT2D eigenvalue weighted by atomic mass is 79.9. The van der Waals surface area contributed by atoms with Gasteiger partial charge in [0.05, 0.1) is 6.04 Å². The number of hydrogen-bond acceptors (Lipinski definition) is 4. The molecule has 1 aliphatic rings. The normalized spacial score (nSPS) is 22.9. The molecule has 2 nitrogen and oxygen atoms in total. The van der Waals surface area contributed by atoms with Crippen molar-refractivity contribution in [3.8, 4) is 0 Å². The van der Waals surface area contributed by atoms with E-state index < -0.39 is 0 Å². The highest BCUT2D eigenvalue weighted by Crippen LogP contribution is 2.32. The molecule has 0 spiro atoms. The van der Waals surface area contributed by atoms with Gasteiger partial charge in [-0.05, 0) is 41.2 Å². The minimum atomic E-state index is 0.375. The molecule has 0 bridgehead atoms. The van der Waals surface area contributed by atoms with Crippen molar-refractivity contribution in [2.75, 3.05) is 25.1 Å². The molecule has 1 aromatic rings. The van der Waals surface area contributed by atoms with Crippen molar-refractivity contribution in [2.24, 2.45) is 5.73 Å². The minimum absolute atomic E-state index is 0.375. The van der Waals surface area contributed by atoms with Crippen LogP contribution in [0.4, 0.5) is 0 Å². The molecule has 2 heterocycles. The van der Waals surface area contributed by atoms with Crippen molar-refractivity contribution in [2.45, 2.75) is 18.5 Å². The lowest BCUT2D eigenvalue weighted by molar-refractivity contribution is 0.195. The van der Waals surface area contributed by atoms with Gasteiger partial charge in [0.15, 0.2) is 0 Å². The number of hydrogen-bond donors (Lipinski definition) is 1. The maximum atomic E-state index is 5.93. The van der Waals surface area contributed by atoms with E-state index in [9.17, 15) is 0 Å². The van der Waals surface area contributed by atoms with E-state index in [1.165, 1.54) is 27.3 Å². The van der Waals surface area contributed by atoms with Gasteiger partial charge in [-0.15, -0.1) is 11.3 Å². The van der Waals surface area contributed by atoms with E-state index >= 15 is 0 Å². The molecule has 0 saturated carbocycles. The van der Waals surface area contributed by atoms with E-state index in [0.29, 0.717) is 18.6 Å². The van der Waals surface area contributed by atoms with Crippen LogP contribution in [-0.2, 0) is 0 Å². The molecule has 2 atom stereocenters. The van der Waals surface area contributed by atoms with Gasteiger partial charge in [-0.3, -0.25) is 4.90 Å². The summed E-state index contributed by atoms with van der Waals surface area (Å²) in [5, 5.41) is 2.13. The molecule has 1 aliphatic heterocycles. The molecule has 0 aliphatic carbocycles. The van der Waals surface area contributed by atoms with Crippen molar-refractivity contribution in [3.63, 3.8) is 0 Å². The van der Waals surface area contributed by atoms with Gasteiger partial charge in [-0.1, -0.05) is 0 Å². The van der Waals surface area contributed by atoms with Crippen molar-refractivity contribution in [3.05, 3.63) is 20.8 Å². The van der Waals surface area contributed by atoms with E-state index in [-0.39, 0.29) is 0 Å². The van der Waals surface area contributed by atoms with Crippen LogP contribution in [0.15, 0.2) is 15.9 Å². The molecular weight excluding hydrogens is 304 g/mol. The van der Waals surface area contributed by atoms with Crippen LogP contribution in [0, 0.1) is 0 Å². The van der Waals surface area contributed by atoms with Crippen LogP contribution in [0.2, 0.25) is 0 Å². The average Bonchev–Trinajstić information content (AvgIpc) is 2.90. The first-order valence-electron chi connectivity index (χ1n) is 5.46. The second-order valence-electron chi connectivity index (χ2n) is 4.10. The zero-order valence-electron chi connectivity index (χ0n) is 9.36. The third kappa shape index (κ3) is 2.82. The number of thioether (sulfide) groups is 1. The van der Waals surface area contributed by atoms with E-state index in [1.807, 2.05) is 0 Å². The lowest BCUT2D eigenvalue weighted by Crippen LogP contribution is -2.38. The number of rotatable bonds is 4. The smallest absolute Gasteiger partial charge is 0.0564 e. The Hall–Kier alpha value is 0.450. The molecule has 2 N–H and O–H groups in total. The van der Waals surface area contributed by atoms with E-state index in [2.05, 4.69) is 51.1 Å². The molecule has 0 aromatic carbocycles. The number of halogens is 1. The van der Waals surface area contributed by atoms with Gasteiger partial charge in [-0.25, -0.2) is 0 Å². The predicted molar refractivity (Wildman–Crippen MR) is 77.3 cm³/mol. The van der Waals surface area contributed by atoms with Gasteiger partial charge in [0, 0.05) is 33.1 Å². The lowest BCUT2D eigenvalue weighted by atomic mass is 10.1. The van der Waals surface area contributed by atoms with Crippen LogP contribution in [0.3, 0.4) is 0 Å². The van der Waals surface area contributed by atoms with E-state index in [1.54, 1.807) is 11.3 Å². The molecule has 2 unspecified atom stereocenters. The Morgan fingerprint density at radius 3 is 3.00 bits per heavy atom. The first kappa shape index (κ1) is 12.9. The standard InChI is InChI=1S/C11H17BrN2S2/c1-14(9-2-3-15-7-9)10(5-13)11-4-8(12)6-16-11/h4,6,9-10H,2-3,5,7,13H2,1H3. The van der Waals surface area contributed by atoms with Gasteiger partial charge < -0.3 is 5.73 Å². The Morgan fingerprint density at radius 2 is 2.50 bits per heavy atom. The Bertz CT molecular complexity index is 336. The average molecular weight is 321 g/mol. The summed E-state index contributed by atoms with van der Waals surface area (Å²) >= 11 is 7.35. The van der Waals surface area contributed by atoms with Gasteiger partial charge >= 0.3 is 0 Å². The summed E-state index contributed by atoms with van der Waals surface area (Å²) in [6.07, 6.45) is 1.30. The van der Waals surface area contributed by atoms with Crippen LogP contribution >= 0.6 is 39.0 Å². The van der Waals surface area contributed by atoms with Gasteiger partial charge in [0.2, 0.25) is 0 Å². The molecule has 1 fully saturated rings. The monoisotopic (exact) mass is 320 g/mol. The number of nitrogens with two attached hydrogens (primary N) is 1. The fraction of sp³-hybridized carbons (Fsp3) is 0.636. The Morgan fingerprint density at radius 1 is 1.69 bits per heavy atom. The quantitative estimate of drug-likeness (QED) is 0.924. The van der Waals surface area contributed by atoms with Crippen molar-refractivity contribution in [1.29, 1.82) is 0 Å². The number of thiophene rings is 1. The van der Waals surface area contributed by atoms with Crippen molar-refractivity contribution < 1.29 is 0 Å². The third-order valence-corrected chi connectivity index (χ3v) is 6.05. The Kier molecular flexibility index (Phi) is 4.73. The van der Waals surface area contributed by atoms with Crippen LogP contribution in [0.1, 0.15) is 17.3 Å².